The van der Waals surface area contributed by atoms with Gasteiger partial charge in [-0.3, -0.25) is 14.4 Å². The summed E-state index contributed by atoms with van der Waals surface area (Å²) < 4.78 is 33.6. The number of benzene rings is 3. The highest BCUT2D eigenvalue weighted by molar-refractivity contribution is 6.00. The van der Waals surface area contributed by atoms with E-state index in [4.69, 9.17) is 4.74 Å². The van der Waals surface area contributed by atoms with Gasteiger partial charge in [0.05, 0.1) is 24.8 Å². The van der Waals surface area contributed by atoms with Crippen molar-refractivity contribution in [2.24, 2.45) is 0 Å². The Kier molecular flexibility index (Phi) is 10.8. The van der Waals surface area contributed by atoms with Crippen molar-refractivity contribution in [3.05, 3.63) is 106 Å². The van der Waals surface area contributed by atoms with Gasteiger partial charge in [-0.25, -0.2) is 8.78 Å². The van der Waals surface area contributed by atoms with Crippen LogP contribution in [0, 0.1) is 18.6 Å². The van der Waals surface area contributed by atoms with Crippen LogP contribution in [0.3, 0.4) is 0 Å². The Morgan fingerprint density at radius 1 is 1.02 bits per heavy atom. The molecule has 244 valence electrons. The molecule has 2 heterocycles. The maximum absolute atomic E-state index is 14.1. The van der Waals surface area contributed by atoms with Crippen LogP contribution in [0.25, 0.3) is 0 Å². The Hall–Kier alpha value is -4.19. The summed E-state index contributed by atoms with van der Waals surface area (Å²) in [6.45, 7) is 3.95. The van der Waals surface area contributed by atoms with Gasteiger partial charge in [-0.15, -0.1) is 0 Å². The van der Waals surface area contributed by atoms with Crippen LogP contribution < -0.4 is 10.6 Å². The highest BCUT2D eigenvalue weighted by Gasteiger charge is 2.39. The molecule has 2 aliphatic rings. The fourth-order valence-electron chi connectivity index (χ4n) is 6.37. The molecular formula is C35H40F2N4O5. The molecule has 5 rings (SSSR count). The third-order valence-electron chi connectivity index (χ3n) is 8.57. The molecule has 2 saturated heterocycles. The first-order valence-corrected chi connectivity index (χ1v) is 15.5. The molecule has 2 fully saturated rings. The van der Waals surface area contributed by atoms with E-state index in [0.717, 1.165) is 36.6 Å². The molecule has 0 saturated carbocycles. The zero-order valence-electron chi connectivity index (χ0n) is 26.0. The first-order chi connectivity index (χ1) is 22.1. The smallest absolute Gasteiger partial charge is 0.254 e. The lowest BCUT2D eigenvalue weighted by molar-refractivity contribution is -0.140. The van der Waals surface area contributed by atoms with Crippen molar-refractivity contribution >= 4 is 17.7 Å². The Balaban J connectivity index is 1.39. The first-order valence-electron chi connectivity index (χ1n) is 15.5. The molecule has 46 heavy (non-hydrogen) atoms. The van der Waals surface area contributed by atoms with Gasteiger partial charge >= 0.3 is 0 Å². The fourth-order valence-corrected chi connectivity index (χ4v) is 6.37. The lowest BCUT2D eigenvalue weighted by Crippen LogP contribution is -2.63. The van der Waals surface area contributed by atoms with Gasteiger partial charge in [-0.05, 0) is 73.2 Å². The molecule has 0 aromatic heterocycles. The van der Waals surface area contributed by atoms with Crippen LogP contribution in [0.15, 0.2) is 66.7 Å². The number of methoxy groups -OCH3 is 1. The van der Waals surface area contributed by atoms with Gasteiger partial charge in [-0.2, -0.15) is 0 Å². The molecule has 2 aliphatic heterocycles. The number of hydrogen-bond acceptors (Lipinski definition) is 6. The molecule has 0 unspecified atom stereocenters. The quantitative estimate of drug-likeness (QED) is 0.299. The monoisotopic (exact) mass is 634 g/mol. The molecular weight excluding hydrogens is 594 g/mol. The zero-order valence-corrected chi connectivity index (χ0v) is 26.0. The number of likely N-dealkylation sites (tertiary alicyclic amines) is 1. The van der Waals surface area contributed by atoms with E-state index in [0.29, 0.717) is 43.9 Å². The van der Waals surface area contributed by atoms with Crippen molar-refractivity contribution in [1.29, 1.82) is 0 Å². The summed E-state index contributed by atoms with van der Waals surface area (Å²) in [7, 11) is 1.59. The number of halogens is 2. The van der Waals surface area contributed by atoms with Crippen molar-refractivity contribution in [2.45, 2.75) is 57.0 Å². The second kappa shape index (κ2) is 14.9. The zero-order chi connectivity index (χ0) is 32.8. The SMILES string of the molecule is COC[C@H]1CCCN1C(=O)c1cc(C)cc(C(=O)N[C@@H](Cc2cc(F)cc(F)c2)[C@H](O)[C@@H]2NCCN(Cc3ccccc3)C2=O)c1. The number of rotatable bonds is 11. The summed E-state index contributed by atoms with van der Waals surface area (Å²) >= 11 is 0. The first kappa shape index (κ1) is 33.2. The van der Waals surface area contributed by atoms with E-state index in [-0.39, 0.29) is 35.4 Å². The van der Waals surface area contributed by atoms with Crippen LogP contribution in [0.1, 0.15) is 50.2 Å². The summed E-state index contributed by atoms with van der Waals surface area (Å²) in [6.07, 6.45) is 0.0770. The fraction of sp³-hybridized carbons (Fsp3) is 0.400. The molecule has 3 aromatic carbocycles. The molecule has 9 nitrogen and oxygen atoms in total. The second-order valence-corrected chi connectivity index (χ2v) is 12.1. The molecule has 3 amide bonds. The van der Waals surface area contributed by atoms with Crippen molar-refractivity contribution in [3.8, 4) is 0 Å². The molecule has 4 atom stereocenters. The van der Waals surface area contributed by atoms with Gasteiger partial charge in [-0.1, -0.05) is 30.3 Å². The maximum Gasteiger partial charge on any atom is 0.254 e. The minimum absolute atomic E-state index is 0.0523. The Morgan fingerprint density at radius 2 is 1.74 bits per heavy atom. The standard InChI is InChI=1S/C35H40F2N4O5/c1-22-13-25(18-26(14-22)34(44)41-11-6-9-29(41)21-46-2)33(43)39-30(17-24-15-27(36)19-28(37)16-24)32(42)31-35(45)40(12-10-38-31)20-23-7-4-3-5-8-23/h3-5,7-8,13-16,18-19,29-32,38,42H,6,9-12,17,20-21H2,1-2H3,(H,39,43)/t29-,30+,31+,32+/m1/s1. The normalized spacial score (nSPS) is 19.6. The van der Waals surface area contributed by atoms with E-state index in [2.05, 4.69) is 10.6 Å². The Morgan fingerprint density at radius 3 is 2.46 bits per heavy atom. The molecule has 3 aromatic rings. The van der Waals surface area contributed by atoms with E-state index in [1.165, 1.54) is 6.07 Å². The minimum Gasteiger partial charge on any atom is -0.389 e. The number of aryl methyl sites for hydroxylation is 1. The summed E-state index contributed by atoms with van der Waals surface area (Å²) in [6, 6.07) is 15.1. The van der Waals surface area contributed by atoms with Crippen LogP contribution >= 0.6 is 0 Å². The second-order valence-electron chi connectivity index (χ2n) is 12.1. The van der Waals surface area contributed by atoms with Crippen LogP contribution in [0.4, 0.5) is 8.78 Å². The number of aliphatic hydroxyl groups excluding tert-OH is 1. The van der Waals surface area contributed by atoms with Crippen molar-refractivity contribution in [1.82, 2.24) is 20.4 Å². The maximum atomic E-state index is 14.1. The summed E-state index contributed by atoms with van der Waals surface area (Å²) in [4.78, 5) is 44.2. The van der Waals surface area contributed by atoms with Crippen molar-refractivity contribution in [2.75, 3.05) is 33.4 Å². The van der Waals surface area contributed by atoms with E-state index >= 15 is 0 Å². The van der Waals surface area contributed by atoms with Gasteiger partial charge in [0.15, 0.2) is 0 Å². The van der Waals surface area contributed by atoms with Crippen LogP contribution in [-0.4, -0.2) is 90.2 Å². The van der Waals surface area contributed by atoms with E-state index in [1.54, 1.807) is 36.0 Å². The minimum atomic E-state index is -1.45. The summed E-state index contributed by atoms with van der Waals surface area (Å²) in [5, 5.41) is 17.5. The molecule has 11 heteroatoms. The average molecular weight is 635 g/mol. The van der Waals surface area contributed by atoms with Crippen LogP contribution in [0.5, 0.6) is 0 Å². The number of piperazine rings is 1. The van der Waals surface area contributed by atoms with Gasteiger partial charge < -0.3 is 30.3 Å². The largest absolute Gasteiger partial charge is 0.389 e. The highest BCUT2D eigenvalue weighted by atomic mass is 19.1. The summed E-state index contributed by atoms with van der Waals surface area (Å²) in [5.41, 5.74) is 2.34. The topological polar surface area (TPSA) is 111 Å². The Bertz CT molecular complexity index is 1530. The van der Waals surface area contributed by atoms with E-state index < -0.39 is 35.7 Å². The van der Waals surface area contributed by atoms with Gasteiger partial charge in [0.2, 0.25) is 5.91 Å². The number of carbonyl (C=O) groups is 3. The number of carbonyl (C=O) groups excluding carboxylic acids is 3. The molecule has 0 radical (unpaired) electrons. The number of ether oxygens (including phenoxy) is 1. The number of nitrogens with zero attached hydrogens (tertiary/aromatic N) is 2. The van der Waals surface area contributed by atoms with Crippen LogP contribution in [0.2, 0.25) is 0 Å². The van der Waals surface area contributed by atoms with Crippen LogP contribution in [-0.2, 0) is 22.5 Å². The molecule has 0 aliphatic carbocycles. The van der Waals surface area contributed by atoms with Gasteiger partial charge in [0, 0.05) is 50.5 Å². The predicted octanol–water partition coefficient (Wildman–Crippen LogP) is 3.23. The number of nitrogens with one attached hydrogen (secondary N) is 2. The number of hydrogen-bond donors (Lipinski definition) is 3. The lowest BCUT2D eigenvalue weighted by atomic mass is 9.93. The predicted molar refractivity (Wildman–Crippen MR) is 168 cm³/mol. The molecule has 0 spiro atoms. The van der Waals surface area contributed by atoms with E-state index in [9.17, 15) is 28.3 Å². The van der Waals surface area contributed by atoms with Crippen molar-refractivity contribution in [3.63, 3.8) is 0 Å². The third kappa shape index (κ3) is 7.96. The average Bonchev–Trinajstić information content (AvgIpc) is 3.49. The Labute approximate surface area is 267 Å². The third-order valence-corrected chi connectivity index (χ3v) is 8.57. The van der Waals surface area contributed by atoms with Gasteiger partial charge in [0.25, 0.3) is 11.8 Å². The number of amides is 3. The lowest BCUT2D eigenvalue weighted by Gasteiger charge is -2.38. The van der Waals surface area contributed by atoms with E-state index in [1.807, 2.05) is 30.3 Å². The highest BCUT2D eigenvalue weighted by Crippen LogP contribution is 2.23. The molecule has 3 N–H and O–H groups in total. The summed E-state index contributed by atoms with van der Waals surface area (Å²) in [5.74, 6) is -2.76. The number of aliphatic hydroxyl groups is 1. The van der Waals surface area contributed by atoms with Gasteiger partial charge in [0.1, 0.15) is 17.7 Å². The molecule has 0 bridgehead atoms. The van der Waals surface area contributed by atoms with Crippen molar-refractivity contribution < 1.29 is 33.0 Å².